The van der Waals surface area contributed by atoms with Crippen LogP contribution >= 0.6 is 23.2 Å². The van der Waals surface area contributed by atoms with E-state index in [9.17, 15) is 14.7 Å². The van der Waals surface area contributed by atoms with E-state index in [1.54, 1.807) is 0 Å². The number of amides is 1. The number of carbonyl (C=O) groups excluding carboxylic acids is 2. The lowest BCUT2D eigenvalue weighted by atomic mass is 10.1. The Morgan fingerprint density at radius 1 is 1.14 bits per heavy atom. The molecule has 3 rings (SSSR count). The highest BCUT2D eigenvalue weighted by Crippen LogP contribution is 2.42. The zero-order chi connectivity index (χ0) is 25.4. The van der Waals surface area contributed by atoms with Crippen molar-refractivity contribution in [2.24, 2.45) is 0 Å². The van der Waals surface area contributed by atoms with Gasteiger partial charge in [0.15, 0.2) is 11.5 Å². The topological polar surface area (TPSA) is 91.3 Å². The van der Waals surface area contributed by atoms with Crippen molar-refractivity contribution < 1.29 is 24.2 Å². The molecule has 1 atom stereocenters. The first kappa shape index (κ1) is 27.1. The number of nitrogens with one attached hydrogen (secondary N) is 1. The average molecular weight is 524 g/mol. The normalized spacial score (nSPS) is 15.4. The van der Waals surface area contributed by atoms with Crippen LogP contribution in [0.1, 0.15) is 22.3 Å². The van der Waals surface area contributed by atoms with Gasteiger partial charge in [-0.15, -0.1) is 0 Å². The number of piperazine rings is 1. The van der Waals surface area contributed by atoms with Gasteiger partial charge in [0.05, 0.1) is 24.3 Å². The highest BCUT2D eigenvalue weighted by atomic mass is 35.5. The average Bonchev–Trinajstić information content (AvgIpc) is 2.86. The SMILES string of the molecule is COC(=O)C(Cc1ccccc1)NC(=O)c1cc(Cl)c(OCCCN2CCN(C)CC2)c(Cl)c1O. The Balaban J connectivity index is 1.63. The van der Waals surface area contributed by atoms with E-state index in [2.05, 4.69) is 22.2 Å². The van der Waals surface area contributed by atoms with Crippen molar-refractivity contribution in [1.82, 2.24) is 15.1 Å². The Hall–Kier alpha value is -2.52. The number of carbonyl (C=O) groups is 2. The quantitative estimate of drug-likeness (QED) is 0.364. The van der Waals surface area contributed by atoms with Crippen LogP contribution in [0.5, 0.6) is 11.5 Å². The molecule has 1 aliphatic heterocycles. The van der Waals surface area contributed by atoms with Crippen LogP contribution in [0.2, 0.25) is 10.0 Å². The fourth-order valence-corrected chi connectivity index (χ4v) is 4.42. The van der Waals surface area contributed by atoms with Gasteiger partial charge in [0.2, 0.25) is 0 Å². The summed E-state index contributed by atoms with van der Waals surface area (Å²) in [6.45, 7) is 5.35. The number of aromatic hydroxyl groups is 1. The highest BCUT2D eigenvalue weighted by molar-refractivity contribution is 6.39. The molecule has 35 heavy (non-hydrogen) atoms. The molecule has 190 valence electrons. The number of methoxy groups -OCH3 is 1. The molecule has 0 aromatic heterocycles. The molecule has 0 aliphatic carbocycles. The summed E-state index contributed by atoms with van der Waals surface area (Å²) >= 11 is 12.6. The number of likely N-dealkylation sites (N-methyl/N-ethyl adjacent to an activating group) is 1. The van der Waals surface area contributed by atoms with Crippen molar-refractivity contribution in [1.29, 1.82) is 0 Å². The van der Waals surface area contributed by atoms with E-state index >= 15 is 0 Å². The van der Waals surface area contributed by atoms with E-state index in [1.807, 2.05) is 30.3 Å². The van der Waals surface area contributed by atoms with E-state index in [-0.39, 0.29) is 27.8 Å². The van der Waals surface area contributed by atoms with Crippen LogP contribution in [0.15, 0.2) is 36.4 Å². The van der Waals surface area contributed by atoms with E-state index in [1.165, 1.54) is 13.2 Å². The van der Waals surface area contributed by atoms with Crippen LogP contribution in [-0.2, 0) is 16.0 Å². The number of benzene rings is 2. The summed E-state index contributed by atoms with van der Waals surface area (Å²) in [6, 6.07) is 9.52. The number of nitrogens with zero attached hydrogens (tertiary/aromatic N) is 2. The molecule has 2 aromatic carbocycles. The Morgan fingerprint density at radius 2 is 1.83 bits per heavy atom. The summed E-state index contributed by atoms with van der Waals surface area (Å²) in [6.07, 6.45) is 0.982. The van der Waals surface area contributed by atoms with Gasteiger partial charge in [-0.1, -0.05) is 53.5 Å². The molecule has 8 nitrogen and oxygen atoms in total. The van der Waals surface area contributed by atoms with Crippen LogP contribution in [-0.4, -0.2) is 86.3 Å². The van der Waals surface area contributed by atoms with Crippen molar-refractivity contribution in [2.75, 3.05) is 53.5 Å². The van der Waals surface area contributed by atoms with Gasteiger partial charge in [-0.3, -0.25) is 4.79 Å². The highest BCUT2D eigenvalue weighted by Gasteiger charge is 2.27. The molecule has 0 radical (unpaired) electrons. The molecular weight excluding hydrogens is 493 g/mol. The lowest BCUT2D eigenvalue weighted by Crippen LogP contribution is -2.44. The molecule has 1 heterocycles. The number of halogens is 2. The number of ether oxygens (including phenoxy) is 2. The Morgan fingerprint density at radius 3 is 2.49 bits per heavy atom. The molecule has 0 spiro atoms. The van der Waals surface area contributed by atoms with E-state index in [4.69, 9.17) is 32.7 Å². The molecule has 2 aromatic rings. The molecule has 1 amide bonds. The number of esters is 1. The van der Waals surface area contributed by atoms with Crippen molar-refractivity contribution in [3.63, 3.8) is 0 Å². The second-order valence-corrected chi connectivity index (χ2v) is 9.27. The monoisotopic (exact) mass is 523 g/mol. The van der Waals surface area contributed by atoms with Crippen molar-refractivity contribution >= 4 is 35.1 Å². The molecule has 0 saturated carbocycles. The minimum Gasteiger partial charge on any atom is -0.505 e. The fourth-order valence-electron chi connectivity index (χ4n) is 3.85. The predicted molar refractivity (Wildman–Crippen MR) is 136 cm³/mol. The van der Waals surface area contributed by atoms with Gasteiger partial charge in [0.25, 0.3) is 5.91 Å². The Bertz CT molecular complexity index is 1010. The van der Waals surface area contributed by atoms with Crippen molar-refractivity contribution in [3.05, 3.63) is 57.6 Å². The van der Waals surface area contributed by atoms with Gasteiger partial charge in [-0.05, 0) is 25.1 Å². The summed E-state index contributed by atoms with van der Waals surface area (Å²) in [4.78, 5) is 29.8. The number of hydrogen-bond donors (Lipinski definition) is 2. The van der Waals surface area contributed by atoms with Crippen molar-refractivity contribution in [2.45, 2.75) is 18.9 Å². The number of hydrogen-bond acceptors (Lipinski definition) is 7. The Kier molecular flexibility index (Phi) is 10.0. The largest absolute Gasteiger partial charge is 0.505 e. The first-order valence-corrected chi connectivity index (χ1v) is 12.2. The molecule has 2 N–H and O–H groups in total. The van der Waals surface area contributed by atoms with Gasteiger partial charge in [0.1, 0.15) is 11.1 Å². The van der Waals surface area contributed by atoms with Crippen molar-refractivity contribution in [3.8, 4) is 11.5 Å². The van der Waals surface area contributed by atoms with Gasteiger partial charge >= 0.3 is 5.97 Å². The first-order chi connectivity index (χ1) is 16.8. The summed E-state index contributed by atoms with van der Waals surface area (Å²) in [7, 11) is 3.35. The Labute approximate surface area is 215 Å². The minimum atomic E-state index is -0.961. The van der Waals surface area contributed by atoms with E-state index < -0.39 is 23.7 Å². The maximum absolute atomic E-state index is 12.9. The van der Waals surface area contributed by atoms with Gasteiger partial charge < -0.3 is 29.7 Å². The summed E-state index contributed by atoms with van der Waals surface area (Å²) in [5, 5.41) is 13.1. The molecular formula is C25H31Cl2N3O5. The van der Waals surface area contributed by atoms with Gasteiger partial charge in [-0.2, -0.15) is 0 Å². The van der Waals surface area contributed by atoms with E-state index in [0.717, 1.165) is 44.7 Å². The van der Waals surface area contributed by atoms with Gasteiger partial charge in [-0.25, -0.2) is 4.79 Å². The molecule has 10 heteroatoms. The number of phenolic OH excluding ortho intramolecular Hbond substituents is 1. The van der Waals surface area contributed by atoms with Crippen LogP contribution in [0, 0.1) is 0 Å². The molecule has 0 bridgehead atoms. The fraction of sp³-hybridized carbons (Fsp3) is 0.440. The zero-order valence-corrected chi connectivity index (χ0v) is 21.4. The lowest BCUT2D eigenvalue weighted by Gasteiger charge is -2.32. The van der Waals surface area contributed by atoms with Crippen LogP contribution in [0.25, 0.3) is 0 Å². The van der Waals surface area contributed by atoms with Crippen LogP contribution in [0.4, 0.5) is 0 Å². The van der Waals surface area contributed by atoms with Crippen LogP contribution < -0.4 is 10.1 Å². The summed E-state index contributed by atoms with van der Waals surface area (Å²) < 4.78 is 10.6. The third-order valence-electron chi connectivity index (χ3n) is 5.93. The second-order valence-electron chi connectivity index (χ2n) is 8.48. The number of rotatable bonds is 10. The lowest BCUT2D eigenvalue weighted by molar-refractivity contribution is -0.142. The summed E-state index contributed by atoms with van der Waals surface area (Å²) in [5.41, 5.74) is 0.676. The minimum absolute atomic E-state index is 0.0928. The van der Waals surface area contributed by atoms with E-state index in [0.29, 0.717) is 6.61 Å². The van der Waals surface area contributed by atoms with Crippen LogP contribution in [0.3, 0.4) is 0 Å². The number of phenols is 1. The molecule has 1 aliphatic rings. The smallest absolute Gasteiger partial charge is 0.328 e. The maximum atomic E-state index is 12.9. The maximum Gasteiger partial charge on any atom is 0.328 e. The predicted octanol–water partition coefficient (Wildman–Crippen LogP) is 3.23. The third kappa shape index (κ3) is 7.48. The molecule has 1 unspecified atom stereocenters. The van der Waals surface area contributed by atoms with Gasteiger partial charge in [0, 0.05) is 39.1 Å². The molecule has 1 saturated heterocycles. The molecule has 1 fully saturated rings. The third-order valence-corrected chi connectivity index (χ3v) is 6.56. The standard InChI is InChI=1S/C25H31Cl2N3O5/c1-29-10-12-30(13-11-29)9-6-14-35-23-19(26)16-18(22(31)21(23)27)24(32)28-20(25(33)34-2)15-17-7-4-3-5-8-17/h3-5,7-8,16,20,31H,6,9-15H2,1-2H3,(H,28,32). The first-order valence-electron chi connectivity index (χ1n) is 11.5. The zero-order valence-electron chi connectivity index (χ0n) is 19.9. The second kappa shape index (κ2) is 13.0. The summed E-state index contributed by atoms with van der Waals surface area (Å²) in [5.74, 6) is -1.67.